The third-order valence-electron chi connectivity index (χ3n) is 4.62. The average Bonchev–Trinajstić information content (AvgIpc) is 2.77. The lowest BCUT2D eigenvalue weighted by Crippen LogP contribution is -2.35. The van der Waals surface area contributed by atoms with Gasteiger partial charge in [-0.15, -0.1) is 0 Å². The van der Waals surface area contributed by atoms with Crippen molar-refractivity contribution in [2.45, 2.75) is 71.5 Å². The highest BCUT2D eigenvalue weighted by molar-refractivity contribution is 5.70. The van der Waals surface area contributed by atoms with Crippen LogP contribution in [0.15, 0.2) is 42.5 Å². The van der Waals surface area contributed by atoms with E-state index in [-0.39, 0.29) is 17.6 Å². The summed E-state index contributed by atoms with van der Waals surface area (Å²) in [6.07, 6.45) is 4.94. The molecule has 0 spiro atoms. The quantitative estimate of drug-likeness (QED) is 0.247. The topological polar surface area (TPSA) is 73.9 Å². The molecule has 1 aromatic rings. The van der Waals surface area contributed by atoms with Crippen molar-refractivity contribution in [2.75, 3.05) is 34.0 Å². The minimum atomic E-state index is -0.226. The van der Waals surface area contributed by atoms with Gasteiger partial charge in [-0.25, -0.2) is 0 Å². The number of ether oxygens (including phenoxy) is 3. The highest BCUT2D eigenvalue weighted by atomic mass is 16.5. The summed E-state index contributed by atoms with van der Waals surface area (Å²) >= 11 is 0. The largest absolute Gasteiger partial charge is 0.385 e. The van der Waals surface area contributed by atoms with Crippen molar-refractivity contribution in [3.8, 4) is 0 Å². The number of methoxy groups -OCH3 is 2. The molecule has 0 saturated heterocycles. The second-order valence-electron chi connectivity index (χ2n) is 8.24. The lowest BCUT2D eigenvalue weighted by atomic mass is 9.85. The smallest absolute Gasteiger partial charge is 0.207 e. The van der Waals surface area contributed by atoms with Gasteiger partial charge in [-0.2, -0.15) is 0 Å². The Balaban J connectivity index is 0. The molecule has 0 saturated carbocycles. The number of rotatable bonds is 14. The monoisotopic (exact) mass is 451 g/mol. The van der Waals surface area contributed by atoms with E-state index in [1.165, 1.54) is 5.56 Å². The molecule has 1 rings (SSSR count). The summed E-state index contributed by atoms with van der Waals surface area (Å²) in [7, 11) is 3.45. The van der Waals surface area contributed by atoms with Crippen molar-refractivity contribution in [3.63, 3.8) is 0 Å². The summed E-state index contributed by atoms with van der Waals surface area (Å²) in [6, 6.07) is 10.4. The standard InChI is InChI=1S/C15H24O2.C7H15NO2.C4H6O/c1-12(2)17-11-14(15(3,4)16-5)13-9-7-6-8-10-13;1-10-6-4-2-3-5-8-7-9;1-4(2)3-5/h6-10,12,14H,11H2,1-5H3;7H,2-6H2,1H3,(H,8,9);3H,1H2,2H3. The van der Waals surface area contributed by atoms with Crippen LogP contribution in [-0.2, 0) is 23.8 Å². The average molecular weight is 452 g/mol. The number of hydrogen-bond acceptors (Lipinski definition) is 5. The van der Waals surface area contributed by atoms with E-state index >= 15 is 0 Å². The van der Waals surface area contributed by atoms with Gasteiger partial charge in [0.05, 0.1) is 18.3 Å². The lowest BCUT2D eigenvalue weighted by Gasteiger charge is -2.33. The van der Waals surface area contributed by atoms with Gasteiger partial charge in [0.2, 0.25) is 6.41 Å². The number of aldehydes is 1. The number of hydrogen-bond donors (Lipinski definition) is 1. The Kier molecular flexibility index (Phi) is 21.0. The lowest BCUT2D eigenvalue weighted by molar-refractivity contribution is -0.109. The van der Waals surface area contributed by atoms with Gasteiger partial charge in [0, 0.05) is 33.3 Å². The summed E-state index contributed by atoms with van der Waals surface area (Å²) < 4.78 is 16.2. The maximum absolute atomic E-state index is 9.76. The molecule has 0 aromatic heterocycles. The Bertz CT molecular complexity index is 587. The molecule has 1 amide bonds. The molecule has 1 N–H and O–H groups in total. The minimum Gasteiger partial charge on any atom is -0.385 e. The molecule has 0 aliphatic carbocycles. The summed E-state index contributed by atoms with van der Waals surface area (Å²) in [5, 5.41) is 2.60. The number of carbonyl (C=O) groups is 2. The van der Waals surface area contributed by atoms with E-state index in [4.69, 9.17) is 14.2 Å². The van der Waals surface area contributed by atoms with E-state index in [1.807, 2.05) is 6.07 Å². The fraction of sp³-hybridized carbons (Fsp3) is 0.615. The number of nitrogens with one attached hydrogen (secondary N) is 1. The second-order valence-corrected chi connectivity index (χ2v) is 8.24. The van der Waals surface area contributed by atoms with Crippen molar-refractivity contribution < 1.29 is 23.8 Å². The van der Waals surface area contributed by atoms with Gasteiger partial charge < -0.3 is 19.5 Å². The van der Waals surface area contributed by atoms with Gasteiger partial charge in [-0.3, -0.25) is 9.59 Å². The summed E-state index contributed by atoms with van der Waals surface area (Å²) in [4.78, 5) is 19.2. The zero-order chi connectivity index (χ0) is 24.8. The first kappa shape index (κ1) is 32.2. The van der Waals surface area contributed by atoms with Gasteiger partial charge in [0.1, 0.15) is 6.29 Å². The number of allylic oxidation sites excluding steroid dienone is 1. The predicted octanol–water partition coefficient (Wildman–Crippen LogP) is 4.93. The van der Waals surface area contributed by atoms with Crippen molar-refractivity contribution in [2.24, 2.45) is 0 Å². The molecule has 1 unspecified atom stereocenters. The van der Waals surface area contributed by atoms with Crippen LogP contribution in [0.25, 0.3) is 0 Å². The Morgan fingerprint density at radius 1 is 1.09 bits per heavy atom. The maximum atomic E-state index is 9.76. The van der Waals surface area contributed by atoms with Crippen molar-refractivity contribution in [1.29, 1.82) is 0 Å². The normalized spacial score (nSPS) is 11.4. The van der Waals surface area contributed by atoms with Crippen LogP contribution in [0.2, 0.25) is 0 Å². The van der Waals surface area contributed by atoms with Gasteiger partial charge in [-0.05, 0) is 65.0 Å². The van der Waals surface area contributed by atoms with Crippen molar-refractivity contribution in [1.82, 2.24) is 5.32 Å². The van der Waals surface area contributed by atoms with Crippen molar-refractivity contribution in [3.05, 3.63) is 48.0 Å². The van der Waals surface area contributed by atoms with Crippen LogP contribution in [-0.4, -0.2) is 58.4 Å². The Hall–Kier alpha value is -2.02. The van der Waals surface area contributed by atoms with Gasteiger partial charge in [0.25, 0.3) is 0 Å². The Labute approximate surface area is 195 Å². The minimum absolute atomic E-state index is 0.226. The molecule has 0 aliphatic heterocycles. The first-order valence-corrected chi connectivity index (χ1v) is 11.1. The van der Waals surface area contributed by atoms with Crippen LogP contribution in [0.3, 0.4) is 0 Å². The fourth-order valence-electron chi connectivity index (χ4n) is 2.52. The summed E-state index contributed by atoms with van der Waals surface area (Å²) in [6.45, 7) is 15.6. The van der Waals surface area contributed by atoms with Crippen LogP contribution >= 0.6 is 0 Å². The van der Waals surface area contributed by atoms with Crippen LogP contribution in [0.1, 0.15) is 65.4 Å². The molecule has 32 heavy (non-hydrogen) atoms. The zero-order valence-electron chi connectivity index (χ0n) is 21.2. The third-order valence-corrected chi connectivity index (χ3v) is 4.62. The number of amides is 1. The highest BCUT2D eigenvalue weighted by Crippen LogP contribution is 2.31. The molecule has 0 bridgehead atoms. The predicted molar refractivity (Wildman–Crippen MR) is 132 cm³/mol. The van der Waals surface area contributed by atoms with Crippen LogP contribution < -0.4 is 5.32 Å². The van der Waals surface area contributed by atoms with Crippen LogP contribution in [0, 0.1) is 0 Å². The molecule has 1 aromatic carbocycles. The van der Waals surface area contributed by atoms with Crippen LogP contribution in [0.5, 0.6) is 0 Å². The van der Waals surface area contributed by atoms with E-state index in [1.54, 1.807) is 21.1 Å². The molecule has 184 valence electrons. The summed E-state index contributed by atoms with van der Waals surface area (Å²) in [5.41, 5.74) is 1.61. The molecule has 0 heterocycles. The van der Waals surface area contributed by atoms with Crippen molar-refractivity contribution >= 4 is 12.7 Å². The van der Waals surface area contributed by atoms with E-state index in [2.05, 4.69) is 63.9 Å². The molecule has 0 aliphatic rings. The highest BCUT2D eigenvalue weighted by Gasteiger charge is 2.31. The van der Waals surface area contributed by atoms with E-state index < -0.39 is 0 Å². The molecule has 0 radical (unpaired) electrons. The Morgan fingerprint density at radius 3 is 2.12 bits per heavy atom. The van der Waals surface area contributed by atoms with Gasteiger partial charge >= 0.3 is 0 Å². The molecule has 6 heteroatoms. The SMILES string of the molecule is C=C(C)C=O.COC(C)(C)C(COC(C)C)c1ccccc1.COCCCCCNC=O. The molecule has 0 fully saturated rings. The third kappa shape index (κ3) is 18.7. The van der Waals surface area contributed by atoms with Gasteiger partial charge in [0.15, 0.2) is 0 Å². The number of unbranched alkanes of at least 4 members (excludes halogenated alkanes) is 2. The number of benzene rings is 1. The molecular weight excluding hydrogens is 406 g/mol. The van der Waals surface area contributed by atoms with Gasteiger partial charge in [-0.1, -0.05) is 36.9 Å². The van der Waals surface area contributed by atoms with E-state index in [0.717, 1.165) is 45.1 Å². The molecule has 1 atom stereocenters. The van der Waals surface area contributed by atoms with E-state index in [9.17, 15) is 9.59 Å². The first-order chi connectivity index (χ1) is 15.2. The summed E-state index contributed by atoms with van der Waals surface area (Å²) in [5.74, 6) is 0.246. The van der Waals surface area contributed by atoms with Crippen LogP contribution in [0.4, 0.5) is 0 Å². The molecule has 6 nitrogen and oxygen atoms in total. The second kappa shape index (κ2) is 20.9. The maximum Gasteiger partial charge on any atom is 0.207 e. The van der Waals surface area contributed by atoms with E-state index in [0.29, 0.717) is 12.2 Å². The molecular formula is C26H45NO5. The Morgan fingerprint density at radius 2 is 1.69 bits per heavy atom. The number of carbonyl (C=O) groups excluding carboxylic acids is 2. The fourth-order valence-corrected chi connectivity index (χ4v) is 2.52. The zero-order valence-corrected chi connectivity index (χ0v) is 21.2. The first-order valence-electron chi connectivity index (χ1n) is 11.1.